The molecule has 0 aliphatic carbocycles. The molecule has 0 aliphatic rings. The van der Waals surface area contributed by atoms with Gasteiger partial charge in [-0.15, -0.1) is 0 Å². The second-order valence-corrected chi connectivity index (χ2v) is 3.24. The summed E-state index contributed by atoms with van der Waals surface area (Å²) in [6, 6.07) is 4.03. The molecule has 0 fully saturated rings. The van der Waals surface area contributed by atoms with Crippen LogP contribution in [0.5, 0.6) is 0 Å². The molecule has 0 bridgehead atoms. The molecule has 1 aromatic heterocycles. The van der Waals surface area contributed by atoms with Gasteiger partial charge in [0.2, 0.25) is 0 Å². The number of nitrogens with one attached hydrogen (secondary N) is 1. The summed E-state index contributed by atoms with van der Waals surface area (Å²) >= 11 is 0. The van der Waals surface area contributed by atoms with Crippen molar-refractivity contribution < 1.29 is 0 Å². The van der Waals surface area contributed by atoms with E-state index in [1.54, 1.807) is 0 Å². The normalized spacial score (nSPS) is 9.36. The number of nitrogens with zero attached hydrogens (tertiary/aromatic N) is 1. The van der Waals surface area contributed by atoms with E-state index < -0.39 is 0 Å². The Labute approximate surface area is 85.8 Å². The fourth-order valence-electron chi connectivity index (χ4n) is 1.16. The van der Waals surface area contributed by atoms with Crippen molar-refractivity contribution in [3.05, 3.63) is 29.1 Å². The smallest absolute Gasteiger partial charge is 0.0532 e. The zero-order valence-corrected chi connectivity index (χ0v) is 9.02. The Bertz CT molecular complexity index is 358. The third-order valence-electron chi connectivity index (χ3n) is 1.95. The van der Waals surface area contributed by atoms with Gasteiger partial charge >= 0.3 is 0 Å². The van der Waals surface area contributed by atoms with Crippen LogP contribution in [0.15, 0.2) is 12.1 Å². The number of rotatable bonds is 2. The fraction of sp³-hybridized carbons (Fsp3) is 0.417. The van der Waals surface area contributed by atoms with Gasteiger partial charge in [-0.1, -0.05) is 11.8 Å². The van der Waals surface area contributed by atoms with Gasteiger partial charge in [-0.25, -0.2) is 0 Å². The third kappa shape index (κ3) is 3.20. The van der Waals surface area contributed by atoms with Gasteiger partial charge in [0, 0.05) is 24.2 Å². The molecule has 0 saturated heterocycles. The third-order valence-corrected chi connectivity index (χ3v) is 1.95. The first kappa shape index (κ1) is 10.7. The summed E-state index contributed by atoms with van der Waals surface area (Å²) in [7, 11) is 1.93. The maximum Gasteiger partial charge on any atom is 0.0532 e. The molecular formula is C12H16N2. The Morgan fingerprint density at radius 2 is 2.14 bits per heavy atom. The molecule has 0 radical (unpaired) electrons. The van der Waals surface area contributed by atoms with Crippen LogP contribution in [0, 0.1) is 25.7 Å². The van der Waals surface area contributed by atoms with E-state index in [4.69, 9.17) is 0 Å². The predicted octanol–water partition coefficient (Wildman–Crippen LogP) is 1.66. The van der Waals surface area contributed by atoms with Crippen LogP contribution in [0.2, 0.25) is 0 Å². The Balaban J connectivity index is 2.70. The lowest BCUT2D eigenvalue weighted by Crippen LogP contribution is -2.05. The molecule has 1 heterocycles. The van der Waals surface area contributed by atoms with Crippen LogP contribution >= 0.6 is 0 Å². The van der Waals surface area contributed by atoms with E-state index >= 15 is 0 Å². The minimum absolute atomic E-state index is 0.879. The van der Waals surface area contributed by atoms with E-state index in [0.29, 0.717) is 0 Å². The summed E-state index contributed by atoms with van der Waals surface area (Å²) in [6.45, 7) is 4.92. The quantitative estimate of drug-likeness (QED) is 0.564. The molecule has 2 nitrogen and oxygen atoms in total. The molecule has 2 heteroatoms. The first-order valence-electron chi connectivity index (χ1n) is 4.82. The zero-order valence-electron chi connectivity index (χ0n) is 9.02. The van der Waals surface area contributed by atoms with Crippen molar-refractivity contribution in [2.24, 2.45) is 0 Å². The van der Waals surface area contributed by atoms with Crippen molar-refractivity contribution in [1.82, 2.24) is 10.3 Å². The molecule has 0 aliphatic heterocycles. The molecular weight excluding hydrogens is 172 g/mol. The van der Waals surface area contributed by atoms with Crippen LogP contribution in [-0.2, 0) is 0 Å². The van der Waals surface area contributed by atoms with Gasteiger partial charge < -0.3 is 5.32 Å². The molecule has 14 heavy (non-hydrogen) atoms. The Morgan fingerprint density at radius 1 is 1.36 bits per heavy atom. The minimum Gasteiger partial charge on any atom is -0.319 e. The first-order valence-corrected chi connectivity index (χ1v) is 4.82. The Kier molecular flexibility index (Phi) is 4.15. The standard InChI is InChI=1S/C12H16N2/c1-10-7-8-12(11(2)14-10)6-4-5-9-13-3/h7-8,13H,5,9H2,1-3H3. The summed E-state index contributed by atoms with van der Waals surface area (Å²) in [4.78, 5) is 4.35. The summed E-state index contributed by atoms with van der Waals surface area (Å²) in [6.07, 6.45) is 0.879. The van der Waals surface area contributed by atoms with Gasteiger partial charge in [-0.3, -0.25) is 4.98 Å². The van der Waals surface area contributed by atoms with Crippen LogP contribution in [0.3, 0.4) is 0 Å². The molecule has 0 amide bonds. The first-order chi connectivity index (χ1) is 6.74. The molecule has 0 saturated carbocycles. The average molecular weight is 188 g/mol. The second kappa shape index (κ2) is 5.41. The molecule has 0 unspecified atom stereocenters. The molecule has 74 valence electrons. The highest BCUT2D eigenvalue weighted by Gasteiger charge is 1.94. The SMILES string of the molecule is CNCCC#Cc1ccc(C)nc1C. The number of aromatic nitrogens is 1. The summed E-state index contributed by atoms with van der Waals surface area (Å²) in [5.74, 6) is 6.23. The second-order valence-electron chi connectivity index (χ2n) is 3.24. The number of hydrogen-bond acceptors (Lipinski definition) is 2. The van der Waals surface area contributed by atoms with Gasteiger partial charge in [0.15, 0.2) is 0 Å². The highest BCUT2D eigenvalue weighted by Crippen LogP contribution is 2.04. The number of hydrogen-bond donors (Lipinski definition) is 1. The number of aryl methyl sites for hydroxylation is 2. The highest BCUT2D eigenvalue weighted by molar-refractivity contribution is 5.37. The highest BCUT2D eigenvalue weighted by atomic mass is 14.8. The lowest BCUT2D eigenvalue weighted by molar-refractivity contribution is 0.818. The monoisotopic (exact) mass is 188 g/mol. The topological polar surface area (TPSA) is 24.9 Å². The van der Waals surface area contributed by atoms with Crippen molar-refractivity contribution in [1.29, 1.82) is 0 Å². The van der Waals surface area contributed by atoms with Crippen LogP contribution in [0.1, 0.15) is 23.4 Å². The molecule has 0 spiro atoms. The Hall–Kier alpha value is -1.33. The van der Waals surface area contributed by atoms with E-state index in [0.717, 1.165) is 29.9 Å². The van der Waals surface area contributed by atoms with Gasteiger partial charge in [-0.05, 0) is 33.0 Å². The van der Waals surface area contributed by atoms with Crippen molar-refractivity contribution in [2.45, 2.75) is 20.3 Å². The van der Waals surface area contributed by atoms with E-state index in [1.165, 1.54) is 0 Å². The van der Waals surface area contributed by atoms with E-state index in [9.17, 15) is 0 Å². The molecule has 1 rings (SSSR count). The van der Waals surface area contributed by atoms with Gasteiger partial charge in [0.25, 0.3) is 0 Å². The van der Waals surface area contributed by atoms with Crippen LogP contribution in [-0.4, -0.2) is 18.6 Å². The molecule has 1 aromatic rings. The summed E-state index contributed by atoms with van der Waals surface area (Å²) in [5, 5.41) is 3.06. The molecule has 0 atom stereocenters. The Morgan fingerprint density at radius 3 is 2.79 bits per heavy atom. The van der Waals surface area contributed by atoms with Gasteiger partial charge in [0.05, 0.1) is 5.69 Å². The van der Waals surface area contributed by atoms with E-state index in [2.05, 4.69) is 22.1 Å². The summed E-state index contributed by atoms with van der Waals surface area (Å²) in [5.41, 5.74) is 3.09. The van der Waals surface area contributed by atoms with Crippen LogP contribution in [0.4, 0.5) is 0 Å². The summed E-state index contributed by atoms with van der Waals surface area (Å²) < 4.78 is 0. The van der Waals surface area contributed by atoms with Crippen LogP contribution < -0.4 is 5.32 Å². The predicted molar refractivity (Wildman–Crippen MR) is 59.1 cm³/mol. The molecule has 0 aromatic carbocycles. The van der Waals surface area contributed by atoms with Crippen molar-refractivity contribution in [2.75, 3.05) is 13.6 Å². The zero-order chi connectivity index (χ0) is 10.4. The maximum absolute atomic E-state index is 4.35. The average Bonchev–Trinajstić information content (AvgIpc) is 2.15. The van der Waals surface area contributed by atoms with Crippen LogP contribution in [0.25, 0.3) is 0 Å². The number of pyridine rings is 1. The fourth-order valence-corrected chi connectivity index (χ4v) is 1.16. The van der Waals surface area contributed by atoms with Crippen molar-refractivity contribution >= 4 is 0 Å². The maximum atomic E-state index is 4.35. The lowest BCUT2D eigenvalue weighted by atomic mass is 10.2. The lowest BCUT2D eigenvalue weighted by Gasteiger charge is -1.97. The van der Waals surface area contributed by atoms with Crippen molar-refractivity contribution in [3.63, 3.8) is 0 Å². The van der Waals surface area contributed by atoms with Crippen molar-refractivity contribution in [3.8, 4) is 11.8 Å². The van der Waals surface area contributed by atoms with Gasteiger partial charge in [0.1, 0.15) is 0 Å². The molecule has 1 N–H and O–H groups in total. The van der Waals surface area contributed by atoms with Gasteiger partial charge in [-0.2, -0.15) is 0 Å². The van der Waals surface area contributed by atoms with E-state index in [-0.39, 0.29) is 0 Å². The largest absolute Gasteiger partial charge is 0.319 e. The minimum atomic E-state index is 0.879. The van der Waals surface area contributed by atoms with E-state index in [1.807, 2.05) is 33.0 Å².